The summed E-state index contributed by atoms with van der Waals surface area (Å²) in [5.41, 5.74) is 7.27. The van der Waals surface area contributed by atoms with Crippen LogP contribution in [0.15, 0.2) is 40.6 Å². The van der Waals surface area contributed by atoms with E-state index in [0.717, 1.165) is 97.7 Å². The molecular weight excluding hydrogens is 448 g/mol. The summed E-state index contributed by atoms with van der Waals surface area (Å²) in [4.78, 5) is 22.9. The van der Waals surface area contributed by atoms with Crippen molar-refractivity contribution in [3.63, 3.8) is 0 Å². The van der Waals surface area contributed by atoms with Crippen LogP contribution in [0.2, 0.25) is 0 Å². The summed E-state index contributed by atoms with van der Waals surface area (Å²) in [6, 6.07) is 8.41. The summed E-state index contributed by atoms with van der Waals surface area (Å²) in [5.74, 6) is 0.107. The van der Waals surface area contributed by atoms with E-state index in [-0.39, 0.29) is 11.2 Å². The molecule has 6 nitrogen and oxygen atoms in total. The van der Waals surface area contributed by atoms with Crippen LogP contribution in [0.5, 0.6) is 0 Å². The number of carbonyl (C=O) groups excluding carboxylic acids is 1. The van der Waals surface area contributed by atoms with E-state index in [1.54, 1.807) is 0 Å². The van der Waals surface area contributed by atoms with Crippen molar-refractivity contribution in [2.45, 2.75) is 65.3 Å². The second-order valence-electron chi connectivity index (χ2n) is 11.1. The number of nitrogens with one attached hydrogen (secondary N) is 1. The number of likely N-dealkylation sites (tertiary alicyclic amines) is 1. The molecular formula is C30H38N4O2. The molecule has 2 aliphatic heterocycles. The van der Waals surface area contributed by atoms with E-state index < -0.39 is 0 Å². The first-order valence-electron chi connectivity index (χ1n) is 13.4. The van der Waals surface area contributed by atoms with Crippen molar-refractivity contribution >= 4 is 16.7 Å². The van der Waals surface area contributed by atoms with Crippen molar-refractivity contribution in [3.8, 4) is 6.07 Å². The molecule has 2 aromatic rings. The monoisotopic (exact) mass is 486 g/mol. The zero-order valence-electron chi connectivity index (χ0n) is 22.3. The van der Waals surface area contributed by atoms with Gasteiger partial charge in [0, 0.05) is 65.5 Å². The number of nitrogens with zero attached hydrogens (tertiary/aromatic N) is 3. The van der Waals surface area contributed by atoms with Gasteiger partial charge in [-0.3, -0.25) is 9.69 Å². The average Bonchev–Trinajstić information content (AvgIpc) is 3.30. The van der Waals surface area contributed by atoms with E-state index in [1.807, 2.05) is 18.2 Å². The maximum absolute atomic E-state index is 14.3. The number of H-pyrrole nitrogens is 1. The van der Waals surface area contributed by atoms with Crippen molar-refractivity contribution < 1.29 is 9.53 Å². The van der Waals surface area contributed by atoms with Gasteiger partial charge in [-0.05, 0) is 56.4 Å². The average molecular weight is 487 g/mol. The molecule has 2 fully saturated rings. The molecule has 1 aliphatic carbocycles. The van der Waals surface area contributed by atoms with Crippen molar-refractivity contribution in [3.05, 3.63) is 57.4 Å². The molecule has 36 heavy (non-hydrogen) atoms. The SMILES string of the molecule is CC/C(C)=C(/C1=C(C)C(C)(C)c2[nH]c3cc(C#N)ccc3c2C1=O)N1CCC(N2CCOCC2)CC1. The van der Waals surface area contributed by atoms with E-state index in [1.165, 1.54) is 5.57 Å². The van der Waals surface area contributed by atoms with Gasteiger partial charge in [0.05, 0.1) is 30.4 Å². The summed E-state index contributed by atoms with van der Waals surface area (Å²) in [6.45, 7) is 16.6. The normalized spacial score (nSPS) is 22.0. The van der Waals surface area contributed by atoms with Gasteiger partial charge in [0.1, 0.15) is 0 Å². The van der Waals surface area contributed by atoms with Crippen molar-refractivity contribution in [2.24, 2.45) is 0 Å². The number of carbonyl (C=O) groups is 1. The van der Waals surface area contributed by atoms with Crippen LogP contribution in [-0.2, 0) is 10.2 Å². The lowest BCUT2D eigenvalue weighted by molar-refractivity contribution is 0.00348. The van der Waals surface area contributed by atoms with Crippen LogP contribution in [-0.4, -0.2) is 66.0 Å². The van der Waals surface area contributed by atoms with Gasteiger partial charge in [-0.15, -0.1) is 0 Å². The number of hydrogen-bond donors (Lipinski definition) is 1. The van der Waals surface area contributed by atoms with E-state index in [9.17, 15) is 10.1 Å². The molecule has 0 spiro atoms. The highest BCUT2D eigenvalue weighted by Crippen LogP contribution is 2.46. The van der Waals surface area contributed by atoms with Crippen LogP contribution in [0.4, 0.5) is 0 Å². The predicted molar refractivity (Wildman–Crippen MR) is 143 cm³/mol. The van der Waals surface area contributed by atoms with Crippen molar-refractivity contribution in [2.75, 3.05) is 39.4 Å². The lowest BCUT2D eigenvalue weighted by Gasteiger charge is -2.43. The second-order valence-corrected chi connectivity index (χ2v) is 11.1. The maximum Gasteiger partial charge on any atom is 0.197 e. The Morgan fingerprint density at radius 2 is 1.89 bits per heavy atom. The van der Waals surface area contributed by atoms with E-state index >= 15 is 0 Å². The number of aromatic amines is 1. The van der Waals surface area contributed by atoms with Crippen LogP contribution < -0.4 is 0 Å². The quantitative estimate of drug-likeness (QED) is 0.634. The van der Waals surface area contributed by atoms with Gasteiger partial charge in [-0.1, -0.05) is 26.8 Å². The Morgan fingerprint density at radius 1 is 1.19 bits per heavy atom. The Labute approximate surface area is 214 Å². The third-order valence-electron chi connectivity index (χ3n) is 8.83. The highest BCUT2D eigenvalue weighted by molar-refractivity contribution is 6.21. The lowest BCUT2D eigenvalue weighted by atomic mass is 9.70. The number of hydrogen-bond acceptors (Lipinski definition) is 5. The van der Waals surface area contributed by atoms with Gasteiger partial charge in [0.2, 0.25) is 0 Å². The zero-order chi connectivity index (χ0) is 25.6. The number of benzene rings is 1. The second kappa shape index (κ2) is 9.53. The molecule has 190 valence electrons. The number of nitriles is 1. The molecule has 6 heteroatoms. The Kier molecular flexibility index (Phi) is 6.57. The van der Waals surface area contributed by atoms with Crippen LogP contribution in [0, 0.1) is 11.3 Å². The number of ether oxygens (including phenoxy) is 1. The zero-order valence-corrected chi connectivity index (χ0v) is 22.3. The first-order chi connectivity index (χ1) is 17.3. The molecule has 0 bridgehead atoms. The lowest BCUT2D eigenvalue weighted by Crippen LogP contribution is -2.49. The Bertz CT molecular complexity index is 1290. The number of allylic oxidation sites excluding steroid dienone is 3. The summed E-state index contributed by atoms with van der Waals surface area (Å²) in [7, 11) is 0. The van der Waals surface area contributed by atoms with Crippen LogP contribution >= 0.6 is 0 Å². The third kappa shape index (κ3) is 3.99. The van der Waals surface area contributed by atoms with Gasteiger partial charge in [-0.2, -0.15) is 5.26 Å². The molecule has 0 atom stereocenters. The van der Waals surface area contributed by atoms with Crippen molar-refractivity contribution in [1.82, 2.24) is 14.8 Å². The molecule has 3 heterocycles. The minimum Gasteiger partial charge on any atom is -0.379 e. The fraction of sp³-hybridized carbons (Fsp3) is 0.533. The number of ketones is 1. The summed E-state index contributed by atoms with van der Waals surface area (Å²) in [6.07, 6.45) is 3.13. The van der Waals surface area contributed by atoms with Crippen LogP contribution in [0.1, 0.15) is 75.5 Å². The third-order valence-corrected chi connectivity index (χ3v) is 8.83. The van der Waals surface area contributed by atoms with Crippen molar-refractivity contribution in [1.29, 1.82) is 5.26 Å². The molecule has 5 rings (SSSR count). The molecule has 2 saturated heterocycles. The minimum absolute atomic E-state index is 0.107. The standard InChI is InChI=1S/C30H38N4O2/c1-6-19(2)27(34-11-9-22(10-12-34)33-13-15-36-16-14-33)25-20(3)30(4,5)29-26(28(25)35)23-8-7-21(18-31)17-24(23)32-29/h7-8,17,22,32H,6,9-16H2,1-5H3/b27-19-. The number of aromatic nitrogens is 1. The van der Waals surface area contributed by atoms with E-state index in [2.05, 4.69) is 55.5 Å². The van der Waals surface area contributed by atoms with E-state index in [4.69, 9.17) is 4.74 Å². The van der Waals surface area contributed by atoms with Crippen LogP contribution in [0.25, 0.3) is 10.9 Å². The van der Waals surface area contributed by atoms with Gasteiger partial charge < -0.3 is 14.6 Å². The first-order valence-corrected chi connectivity index (χ1v) is 13.4. The highest BCUT2D eigenvalue weighted by Gasteiger charge is 2.42. The van der Waals surface area contributed by atoms with Gasteiger partial charge in [0.15, 0.2) is 5.78 Å². The number of rotatable bonds is 4. The molecule has 1 aromatic heterocycles. The topological polar surface area (TPSA) is 72.4 Å². The first kappa shape index (κ1) is 24.8. The predicted octanol–water partition coefficient (Wildman–Crippen LogP) is 5.31. The summed E-state index contributed by atoms with van der Waals surface area (Å²) >= 11 is 0. The molecule has 0 saturated carbocycles. The number of fused-ring (bicyclic) bond motifs is 3. The maximum atomic E-state index is 14.3. The van der Waals surface area contributed by atoms with Gasteiger partial charge >= 0.3 is 0 Å². The van der Waals surface area contributed by atoms with Gasteiger partial charge in [0.25, 0.3) is 0 Å². The fourth-order valence-electron chi connectivity index (χ4n) is 6.26. The molecule has 1 aromatic carbocycles. The molecule has 3 aliphatic rings. The summed E-state index contributed by atoms with van der Waals surface area (Å²) < 4.78 is 5.56. The van der Waals surface area contributed by atoms with Gasteiger partial charge in [-0.25, -0.2) is 0 Å². The van der Waals surface area contributed by atoms with Crippen LogP contribution in [0.3, 0.4) is 0 Å². The largest absolute Gasteiger partial charge is 0.379 e. The smallest absolute Gasteiger partial charge is 0.197 e. The van der Waals surface area contributed by atoms with E-state index in [0.29, 0.717) is 11.6 Å². The molecule has 1 N–H and O–H groups in total. The summed E-state index contributed by atoms with van der Waals surface area (Å²) in [5, 5.41) is 10.3. The molecule has 0 unspecified atom stereocenters. The molecule has 0 radical (unpaired) electrons. The Hall–Kier alpha value is -2.88. The number of Topliss-reactive ketones (excluding diaryl/α,β-unsaturated/α-hetero) is 1. The fourth-order valence-corrected chi connectivity index (χ4v) is 6.26. The number of morpholine rings is 1. The number of piperidine rings is 1. The highest BCUT2D eigenvalue weighted by atomic mass is 16.5. The Balaban J connectivity index is 1.53. The molecule has 0 amide bonds. The minimum atomic E-state index is -0.324. The Morgan fingerprint density at radius 3 is 2.53 bits per heavy atom.